The fourth-order valence-electron chi connectivity index (χ4n) is 2.16. The van der Waals surface area contributed by atoms with Crippen LogP contribution in [0.1, 0.15) is 18.4 Å². The van der Waals surface area contributed by atoms with E-state index in [-0.39, 0.29) is 11.7 Å². The van der Waals surface area contributed by atoms with Gasteiger partial charge >= 0.3 is 0 Å². The minimum Gasteiger partial charge on any atom is -0.228 e. The van der Waals surface area contributed by atoms with Crippen LogP contribution in [0.4, 0.5) is 0 Å². The summed E-state index contributed by atoms with van der Waals surface area (Å²) in [4.78, 5) is 0. The molecule has 1 aromatic carbocycles. The Morgan fingerprint density at radius 1 is 1.35 bits per heavy atom. The molecule has 1 fully saturated rings. The average Bonchev–Trinajstić information content (AvgIpc) is 3.05. The van der Waals surface area contributed by atoms with E-state index in [2.05, 4.69) is 6.07 Å². The SMILES string of the molecule is CCS(=O)(=O)[C@@H]1[C@@H](C#N)[C@@H]1c1ccc(Cl)cc1. The molecule has 0 bridgehead atoms. The third-order valence-corrected chi connectivity index (χ3v) is 5.65. The first-order valence-electron chi connectivity index (χ1n) is 5.38. The lowest BCUT2D eigenvalue weighted by molar-refractivity contribution is 0.594. The molecule has 0 amide bonds. The van der Waals surface area contributed by atoms with Crippen LogP contribution >= 0.6 is 11.6 Å². The Balaban J connectivity index is 2.30. The molecule has 0 N–H and O–H groups in total. The van der Waals surface area contributed by atoms with Crippen molar-refractivity contribution in [1.29, 1.82) is 5.26 Å². The minimum absolute atomic E-state index is 0.0833. The fourth-order valence-corrected chi connectivity index (χ4v) is 4.03. The molecule has 0 saturated heterocycles. The number of nitrogens with zero attached hydrogens (tertiary/aromatic N) is 1. The third-order valence-electron chi connectivity index (χ3n) is 3.17. The highest BCUT2D eigenvalue weighted by Gasteiger charge is 2.58. The van der Waals surface area contributed by atoms with Crippen LogP contribution in [0, 0.1) is 17.2 Å². The van der Waals surface area contributed by atoms with Crippen molar-refractivity contribution in [3.63, 3.8) is 0 Å². The van der Waals surface area contributed by atoms with Gasteiger partial charge in [-0.2, -0.15) is 5.26 Å². The van der Waals surface area contributed by atoms with Crippen molar-refractivity contribution in [3.8, 4) is 6.07 Å². The van der Waals surface area contributed by atoms with E-state index < -0.39 is 21.0 Å². The van der Waals surface area contributed by atoms with Crippen molar-refractivity contribution in [2.24, 2.45) is 5.92 Å². The number of benzene rings is 1. The van der Waals surface area contributed by atoms with Crippen LogP contribution < -0.4 is 0 Å². The standard InChI is InChI=1S/C12H12ClNO2S/c1-2-17(15,16)12-10(7-14)11(12)8-3-5-9(13)6-4-8/h3-6,10-12H,2H2,1H3/t10-,11-,12+/m0/s1. The van der Waals surface area contributed by atoms with Crippen LogP contribution in [0.15, 0.2) is 24.3 Å². The van der Waals surface area contributed by atoms with Crippen LogP contribution in [0.5, 0.6) is 0 Å². The molecular formula is C12H12ClNO2S. The summed E-state index contributed by atoms with van der Waals surface area (Å²) in [7, 11) is -3.15. The van der Waals surface area contributed by atoms with Gasteiger partial charge in [-0.15, -0.1) is 0 Å². The van der Waals surface area contributed by atoms with Gasteiger partial charge in [0.15, 0.2) is 9.84 Å². The first-order valence-corrected chi connectivity index (χ1v) is 7.47. The summed E-state index contributed by atoms with van der Waals surface area (Å²) in [6.45, 7) is 1.61. The lowest BCUT2D eigenvalue weighted by atomic mass is 10.1. The van der Waals surface area contributed by atoms with Crippen LogP contribution in [-0.2, 0) is 9.84 Å². The van der Waals surface area contributed by atoms with E-state index in [1.165, 1.54) is 0 Å². The summed E-state index contributed by atoms with van der Waals surface area (Å²) in [6.07, 6.45) is 0. The van der Waals surface area contributed by atoms with E-state index >= 15 is 0 Å². The van der Waals surface area contributed by atoms with Crippen molar-refractivity contribution in [2.75, 3.05) is 5.75 Å². The van der Waals surface area contributed by atoms with E-state index in [0.717, 1.165) is 5.56 Å². The second kappa shape index (κ2) is 4.32. The molecule has 17 heavy (non-hydrogen) atoms. The molecule has 0 spiro atoms. The topological polar surface area (TPSA) is 57.9 Å². The number of hydrogen-bond acceptors (Lipinski definition) is 3. The fraction of sp³-hybridized carbons (Fsp3) is 0.417. The molecule has 1 aliphatic rings. The molecule has 1 aromatic rings. The summed E-state index contributed by atoms with van der Waals surface area (Å²) in [5, 5.41) is 9.05. The maximum Gasteiger partial charge on any atom is 0.154 e. The summed E-state index contributed by atoms with van der Waals surface area (Å²) in [6, 6.07) is 9.11. The summed E-state index contributed by atoms with van der Waals surface area (Å²) < 4.78 is 23.6. The third kappa shape index (κ3) is 2.18. The zero-order chi connectivity index (χ0) is 12.6. The predicted molar refractivity (Wildman–Crippen MR) is 66.5 cm³/mol. The molecule has 1 aliphatic carbocycles. The Hall–Kier alpha value is -1.05. The molecule has 3 atom stereocenters. The second-order valence-corrected chi connectivity index (χ2v) is 7.03. The zero-order valence-corrected chi connectivity index (χ0v) is 10.9. The average molecular weight is 270 g/mol. The monoisotopic (exact) mass is 269 g/mol. The Morgan fingerprint density at radius 3 is 2.41 bits per heavy atom. The van der Waals surface area contributed by atoms with E-state index in [9.17, 15) is 8.42 Å². The lowest BCUT2D eigenvalue weighted by Crippen LogP contribution is -2.12. The number of nitriles is 1. The largest absolute Gasteiger partial charge is 0.228 e. The Labute approximate surface area is 106 Å². The maximum atomic E-state index is 11.8. The van der Waals surface area contributed by atoms with Gasteiger partial charge in [0.25, 0.3) is 0 Å². The number of sulfone groups is 1. The highest BCUT2D eigenvalue weighted by Crippen LogP contribution is 2.52. The minimum atomic E-state index is -3.15. The highest BCUT2D eigenvalue weighted by molar-refractivity contribution is 7.92. The molecule has 5 heteroatoms. The highest BCUT2D eigenvalue weighted by atomic mass is 35.5. The number of hydrogen-bond donors (Lipinski definition) is 0. The Kier molecular flexibility index (Phi) is 3.15. The van der Waals surface area contributed by atoms with Gasteiger partial charge in [-0.1, -0.05) is 30.7 Å². The molecule has 90 valence electrons. The van der Waals surface area contributed by atoms with Crippen LogP contribution in [0.25, 0.3) is 0 Å². The van der Waals surface area contributed by atoms with Gasteiger partial charge in [0, 0.05) is 16.7 Å². The molecule has 0 radical (unpaired) electrons. The van der Waals surface area contributed by atoms with E-state index in [4.69, 9.17) is 16.9 Å². The van der Waals surface area contributed by atoms with Gasteiger partial charge in [0.2, 0.25) is 0 Å². The molecule has 3 nitrogen and oxygen atoms in total. The van der Waals surface area contributed by atoms with Crippen molar-refractivity contribution in [2.45, 2.75) is 18.1 Å². The first kappa shape index (κ1) is 12.4. The predicted octanol–water partition coefficient (Wildman–Crippen LogP) is 2.38. The maximum absolute atomic E-state index is 11.8. The summed E-state index contributed by atoms with van der Waals surface area (Å²) in [5.41, 5.74) is 0.878. The van der Waals surface area contributed by atoms with E-state index in [0.29, 0.717) is 5.02 Å². The smallest absolute Gasteiger partial charge is 0.154 e. The Morgan fingerprint density at radius 2 is 1.94 bits per heavy atom. The van der Waals surface area contributed by atoms with Crippen LogP contribution in [-0.4, -0.2) is 19.4 Å². The lowest BCUT2D eigenvalue weighted by Gasteiger charge is -2.00. The molecule has 2 rings (SSSR count). The second-order valence-electron chi connectivity index (χ2n) is 4.15. The van der Waals surface area contributed by atoms with Crippen molar-refractivity contribution >= 4 is 21.4 Å². The van der Waals surface area contributed by atoms with Gasteiger partial charge in [-0.3, -0.25) is 0 Å². The van der Waals surface area contributed by atoms with Gasteiger partial charge in [-0.05, 0) is 17.7 Å². The molecule has 0 aromatic heterocycles. The van der Waals surface area contributed by atoms with Crippen LogP contribution in [0.2, 0.25) is 5.02 Å². The van der Waals surface area contributed by atoms with Crippen molar-refractivity contribution < 1.29 is 8.42 Å². The van der Waals surface area contributed by atoms with Crippen LogP contribution in [0.3, 0.4) is 0 Å². The molecular weight excluding hydrogens is 258 g/mol. The molecule has 1 saturated carbocycles. The quantitative estimate of drug-likeness (QED) is 0.846. The van der Waals surface area contributed by atoms with Crippen molar-refractivity contribution in [1.82, 2.24) is 0 Å². The molecule has 0 aliphatic heterocycles. The molecule has 0 unspecified atom stereocenters. The van der Waals surface area contributed by atoms with Gasteiger partial charge < -0.3 is 0 Å². The van der Waals surface area contributed by atoms with Gasteiger partial charge in [-0.25, -0.2) is 8.42 Å². The van der Waals surface area contributed by atoms with E-state index in [1.807, 2.05) is 0 Å². The summed E-state index contributed by atoms with van der Waals surface area (Å²) in [5.74, 6) is -0.525. The van der Waals surface area contributed by atoms with Gasteiger partial charge in [0.1, 0.15) is 0 Å². The first-order chi connectivity index (χ1) is 8.01. The normalized spacial score (nSPS) is 27.5. The Bertz CT molecular complexity index is 559. The summed E-state index contributed by atoms with van der Waals surface area (Å²) >= 11 is 5.78. The van der Waals surface area contributed by atoms with Gasteiger partial charge in [0.05, 0.1) is 17.2 Å². The number of rotatable bonds is 3. The van der Waals surface area contributed by atoms with E-state index in [1.54, 1.807) is 31.2 Å². The molecule has 0 heterocycles. The number of halogens is 1. The van der Waals surface area contributed by atoms with Crippen molar-refractivity contribution in [3.05, 3.63) is 34.9 Å². The zero-order valence-electron chi connectivity index (χ0n) is 9.30.